The van der Waals surface area contributed by atoms with Crippen LogP contribution in [0.25, 0.3) is 0 Å². The lowest BCUT2D eigenvalue weighted by atomic mass is 10.2. The Bertz CT molecular complexity index is 660. The first-order chi connectivity index (χ1) is 10.6. The van der Waals surface area contributed by atoms with Gasteiger partial charge in [0.15, 0.2) is 6.61 Å². The van der Waals surface area contributed by atoms with Gasteiger partial charge in [-0.2, -0.15) is 5.10 Å². The molecule has 0 aliphatic carbocycles. The van der Waals surface area contributed by atoms with Gasteiger partial charge in [0.1, 0.15) is 5.75 Å². The second kappa shape index (κ2) is 8.70. The Hall–Kier alpha value is -1.66. The van der Waals surface area contributed by atoms with Gasteiger partial charge in [-0.25, -0.2) is 5.43 Å². The van der Waals surface area contributed by atoms with E-state index in [4.69, 9.17) is 4.74 Å². The van der Waals surface area contributed by atoms with Crippen LogP contribution in [0, 0.1) is 0 Å². The third kappa shape index (κ3) is 5.61. The maximum atomic E-state index is 11.6. The molecule has 0 atom stereocenters. The molecule has 0 saturated carbocycles. The minimum Gasteiger partial charge on any atom is -0.483 e. The van der Waals surface area contributed by atoms with Crippen LogP contribution >= 0.6 is 31.9 Å². The molecule has 2 aromatic carbocycles. The van der Waals surface area contributed by atoms with Gasteiger partial charge in [-0.15, -0.1) is 0 Å². The second-order valence-electron chi connectivity index (χ2n) is 4.40. The number of hydrogen-bond donors (Lipinski definition) is 1. The lowest BCUT2D eigenvalue weighted by molar-refractivity contribution is -0.123. The fourth-order valence-corrected chi connectivity index (χ4v) is 2.81. The summed E-state index contributed by atoms with van der Waals surface area (Å²) in [6, 6.07) is 15.4. The average molecular weight is 426 g/mol. The summed E-state index contributed by atoms with van der Waals surface area (Å²) in [6.07, 6.45) is 2.32. The molecule has 0 aliphatic heterocycles. The van der Waals surface area contributed by atoms with Crippen molar-refractivity contribution in [1.29, 1.82) is 0 Å². The summed E-state index contributed by atoms with van der Waals surface area (Å²) in [6.45, 7) is -0.0943. The third-order valence-electron chi connectivity index (χ3n) is 2.70. The van der Waals surface area contributed by atoms with Gasteiger partial charge in [0, 0.05) is 17.1 Å². The maximum Gasteiger partial charge on any atom is 0.277 e. The number of amides is 1. The summed E-state index contributed by atoms with van der Waals surface area (Å²) in [5, 5.41) is 3.89. The van der Waals surface area contributed by atoms with Crippen LogP contribution in [0.1, 0.15) is 5.56 Å². The summed E-state index contributed by atoms with van der Waals surface area (Å²) >= 11 is 6.72. The highest BCUT2D eigenvalue weighted by Crippen LogP contribution is 2.27. The molecule has 0 aromatic heterocycles. The number of hydrogen-bond acceptors (Lipinski definition) is 3. The zero-order valence-corrected chi connectivity index (χ0v) is 14.8. The van der Waals surface area contributed by atoms with Gasteiger partial charge in [0.2, 0.25) is 0 Å². The predicted octanol–water partition coefficient (Wildman–Crippen LogP) is 3.94. The molecule has 2 rings (SSSR count). The highest BCUT2D eigenvalue weighted by atomic mass is 79.9. The molecular formula is C16H14Br2N2O2. The van der Waals surface area contributed by atoms with Gasteiger partial charge in [-0.1, -0.05) is 46.3 Å². The molecule has 1 amide bonds. The lowest BCUT2D eigenvalue weighted by Crippen LogP contribution is -2.24. The minimum absolute atomic E-state index is 0.0943. The Morgan fingerprint density at radius 1 is 1.18 bits per heavy atom. The van der Waals surface area contributed by atoms with Crippen molar-refractivity contribution in [3.63, 3.8) is 0 Å². The van der Waals surface area contributed by atoms with Crippen molar-refractivity contribution < 1.29 is 9.53 Å². The molecule has 2 aromatic rings. The van der Waals surface area contributed by atoms with Crippen molar-refractivity contribution in [3.8, 4) is 5.75 Å². The largest absolute Gasteiger partial charge is 0.483 e. The molecule has 0 aliphatic rings. The molecule has 6 heteroatoms. The summed E-state index contributed by atoms with van der Waals surface area (Å²) in [4.78, 5) is 11.6. The number of rotatable bonds is 6. The molecular weight excluding hydrogens is 412 g/mol. The van der Waals surface area contributed by atoms with Crippen molar-refractivity contribution in [2.45, 2.75) is 6.42 Å². The van der Waals surface area contributed by atoms with Crippen LogP contribution in [-0.4, -0.2) is 18.7 Å². The van der Waals surface area contributed by atoms with E-state index in [0.29, 0.717) is 12.2 Å². The second-order valence-corrected chi connectivity index (χ2v) is 6.17. The van der Waals surface area contributed by atoms with Crippen LogP contribution in [-0.2, 0) is 11.2 Å². The SMILES string of the molecule is O=C(COc1ccc(Br)cc1Br)N/N=C/Cc1ccccc1. The molecule has 22 heavy (non-hydrogen) atoms. The number of halogens is 2. The predicted molar refractivity (Wildman–Crippen MR) is 94.1 cm³/mol. The first kappa shape index (κ1) is 16.7. The fraction of sp³-hybridized carbons (Fsp3) is 0.125. The third-order valence-corrected chi connectivity index (χ3v) is 3.82. The Labute approximate surface area is 145 Å². The summed E-state index contributed by atoms with van der Waals surface area (Å²) in [7, 11) is 0. The fourth-order valence-electron chi connectivity index (χ4n) is 1.65. The molecule has 0 bridgehead atoms. The monoisotopic (exact) mass is 424 g/mol. The molecule has 0 unspecified atom stereocenters. The first-order valence-electron chi connectivity index (χ1n) is 6.57. The van der Waals surface area contributed by atoms with Gasteiger partial charge in [0.05, 0.1) is 4.47 Å². The van der Waals surface area contributed by atoms with E-state index in [-0.39, 0.29) is 12.5 Å². The number of benzene rings is 2. The Kier molecular flexibility index (Phi) is 6.61. The maximum absolute atomic E-state index is 11.6. The van der Waals surface area contributed by atoms with E-state index in [2.05, 4.69) is 42.4 Å². The van der Waals surface area contributed by atoms with E-state index >= 15 is 0 Å². The van der Waals surface area contributed by atoms with E-state index in [1.807, 2.05) is 42.5 Å². The van der Waals surface area contributed by atoms with E-state index in [0.717, 1.165) is 14.5 Å². The van der Waals surface area contributed by atoms with Crippen LogP contribution < -0.4 is 10.2 Å². The molecule has 4 nitrogen and oxygen atoms in total. The molecule has 0 spiro atoms. The highest BCUT2D eigenvalue weighted by Gasteiger charge is 2.05. The quantitative estimate of drug-likeness (QED) is 0.563. The van der Waals surface area contributed by atoms with Crippen LogP contribution in [0.15, 0.2) is 62.6 Å². The van der Waals surface area contributed by atoms with Crippen LogP contribution in [0.3, 0.4) is 0 Å². The Morgan fingerprint density at radius 2 is 1.95 bits per heavy atom. The normalized spacial score (nSPS) is 10.6. The smallest absolute Gasteiger partial charge is 0.277 e. The summed E-state index contributed by atoms with van der Waals surface area (Å²) in [5.74, 6) is 0.297. The van der Waals surface area contributed by atoms with Gasteiger partial charge in [-0.3, -0.25) is 4.79 Å². The van der Waals surface area contributed by atoms with Crippen molar-refractivity contribution in [1.82, 2.24) is 5.43 Å². The average Bonchev–Trinajstić information content (AvgIpc) is 2.52. The molecule has 1 N–H and O–H groups in total. The zero-order valence-electron chi connectivity index (χ0n) is 11.6. The highest BCUT2D eigenvalue weighted by molar-refractivity contribution is 9.11. The summed E-state index contributed by atoms with van der Waals surface area (Å²) < 4.78 is 7.13. The van der Waals surface area contributed by atoms with E-state index < -0.39 is 0 Å². The standard InChI is InChI=1S/C16H14Br2N2O2/c17-13-6-7-15(14(18)10-13)22-11-16(21)20-19-9-8-12-4-2-1-3-5-12/h1-7,9-10H,8,11H2,(H,20,21)/b19-9+. The van der Waals surface area contributed by atoms with Crippen LogP contribution in [0.4, 0.5) is 0 Å². The number of hydrazone groups is 1. The van der Waals surface area contributed by atoms with Crippen LogP contribution in [0.2, 0.25) is 0 Å². The molecule has 0 fully saturated rings. The number of nitrogens with one attached hydrogen (secondary N) is 1. The van der Waals surface area contributed by atoms with Gasteiger partial charge < -0.3 is 4.74 Å². The first-order valence-corrected chi connectivity index (χ1v) is 8.16. The zero-order chi connectivity index (χ0) is 15.8. The number of nitrogens with zero attached hydrogens (tertiary/aromatic N) is 1. The van der Waals surface area contributed by atoms with E-state index in [1.54, 1.807) is 12.3 Å². The lowest BCUT2D eigenvalue weighted by Gasteiger charge is -2.07. The summed E-state index contributed by atoms with van der Waals surface area (Å²) in [5.41, 5.74) is 3.57. The topological polar surface area (TPSA) is 50.7 Å². The molecule has 114 valence electrons. The number of ether oxygens (including phenoxy) is 1. The van der Waals surface area contributed by atoms with Crippen molar-refractivity contribution in [2.24, 2.45) is 5.10 Å². The van der Waals surface area contributed by atoms with Crippen molar-refractivity contribution in [3.05, 3.63) is 63.0 Å². The number of carbonyl (C=O) groups is 1. The van der Waals surface area contributed by atoms with Gasteiger partial charge in [-0.05, 0) is 39.7 Å². The van der Waals surface area contributed by atoms with Crippen LogP contribution in [0.5, 0.6) is 5.75 Å². The van der Waals surface area contributed by atoms with Gasteiger partial charge >= 0.3 is 0 Å². The molecule has 0 saturated heterocycles. The minimum atomic E-state index is -0.306. The van der Waals surface area contributed by atoms with Gasteiger partial charge in [0.25, 0.3) is 5.91 Å². The Morgan fingerprint density at radius 3 is 2.68 bits per heavy atom. The van der Waals surface area contributed by atoms with Crippen molar-refractivity contribution >= 4 is 44.0 Å². The van der Waals surface area contributed by atoms with Crippen molar-refractivity contribution in [2.75, 3.05) is 6.61 Å². The molecule has 0 heterocycles. The Balaban J connectivity index is 1.74. The van der Waals surface area contributed by atoms with E-state index in [1.165, 1.54) is 0 Å². The number of carbonyl (C=O) groups excluding carboxylic acids is 1. The van der Waals surface area contributed by atoms with E-state index in [9.17, 15) is 4.79 Å². The molecule has 0 radical (unpaired) electrons.